The number of hydrogen-bond donors (Lipinski definition) is 2. The number of nitrogens with one attached hydrogen (secondary N) is 1. The van der Waals surface area contributed by atoms with Gasteiger partial charge in [-0.2, -0.15) is 0 Å². The maximum Gasteiger partial charge on any atom is 0.407 e. The van der Waals surface area contributed by atoms with E-state index >= 15 is 0 Å². The summed E-state index contributed by atoms with van der Waals surface area (Å²) in [5.41, 5.74) is 5.09. The Morgan fingerprint density at radius 2 is 2.00 bits per heavy atom. The van der Waals surface area contributed by atoms with Crippen molar-refractivity contribution in [1.82, 2.24) is 5.32 Å². The molecule has 0 saturated heterocycles. The fourth-order valence-corrected chi connectivity index (χ4v) is 1.94. The first-order chi connectivity index (χ1) is 10.2. The number of alkyl carbamates (subject to hydrolysis) is 1. The lowest BCUT2D eigenvalue weighted by Crippen LogP contribution is -2.33. The summed E-state index contributed by atoms with van der Waals surface area (Å²) in [7, 11) is 0. The Balaban J connectivity index is 2.37. The number of carbonyl (C=O) groups is 2. The Morgan fingerprint density at radius 3 is 2.59 bits per heavy atom. The van der Waals surface area contributed by atoms with Gasteiger partial charge in [-0.05, 0) is 45.4 Å². The SMILES string of the molecule is CC(C)(C)OC(=O)NCCCOc1ccc(Br)cc1C(N)=O. The average Bonchev–Trinajstić information content (AvgIpc) is 2.37. The third kappa shape index (κ3) is 6.80. The monoisotopic (exact) mass is 372 g/mol. The number of hydrogen-bond acceptors (Lipinski definition) is 4. The van der Waals surface area contributed by atoms with E-state index in [0.717, 1.165) is 4.47 Å². The lowest BCUT2D eigenvalue weighted by Gasteiger charge is -2.19. The zero-order valence-corrected chi connectivity index (χ0v) is 14.5. The molecule has 122 valence electrons. The van der Waals surface area contributed by atoms with Gasteiger partial charge in [-0.1, -0.05) is 15.9 Å². The van der Waals surface area contributed by atoms with Crippen LogP contribution in [0.25, 0.3) is 0 Å². The van der Waals surface area contributed by atoms with Gasteiger partial charge in [-0.15, -0.1) is 0 Å². The molecule has 3 N–H and O–H groups in total. The van der Waals surface area contributed by atoms with Gasteiger partial charge in [-0.25, -0.2) is 4.79 Å². The highest BCUT2D eigenvalue weighted by atomic mass is 79.9. The Bertz CT molecular complexity index is 541. The van der Waals surface area contributed by atoms with E-state index in [1.54, 1.807) is 39.0 Å². The van der Waals surface area contributed by atoms with E-state index in [2.05, 4.69) is 21.2 Å². The summed E-state index contributed by atoms with van der Waals surface area (Å²) < 4.78 is 11.4. The minimum atomic E-state index is -0.553. The number of benzene rings is 1. The summed E-state index contributed by atoms with van der Waals surface area (Å²) in [5.74, 6) is -0.129. The van der Waals surface area contributed by atoms with Gasteiger partial charge in [0.1, 0.15) is 11.4 Å². The van der Waals surface area contributed by atoms with Crippen molar-refractivity contribution in [1.29, 1.82) is 0 Å². The number of ether oxygens (including phenoxy) is 2. The van der Waals surface area contributed by atoms with Gasteiger partial charge in [0.2, 0.25) is 0 Å². The van der Waals surface area contributed by atoms with Crippen molar-refractivity contribution in [2.24, 2.45) is 5.73 Å². The van der Waals surface area contributed by atoms with Crippen LogP contribution in [0.5, 0.6) is 5.75 Å². The maximum absolute atomic E-state index is 11.4. The van der Waals surface area contributed by atoms with Crippen molar-refractivity contribution < 1.29 is 19.1 Å². The number of primary amides is 1. The topological polar surface area (TPSA) is 90.7 Å². The van der Waals surface area contributed by atoms with Crippen LogP contribution in [0.4, 0.5) is 4.79 Å². The Kier molecular flexibility index (Phi) is 6.67. The normalized spacial score (nSPS) is 10.9. The second-order valence-electron chi connectivity index (χ2n) is 5.64. The summed E-state index contributed by atoms with van der Waals surface area (Å²) in [4.78, 5) is 22.8. The predicted octanol–water partition coefficient (Wildman–Crippen LogP) is 2.84. The van der Waals surface area contributed by atoms with E-state index in [-0.39, 0.29) is 0 Å². The first kappa shape index (κ1) is 18.3. The van der Waals surface area contributed by atoms with Crippen LogP contribution in [0, 0.1) is 0 Å². The van der Waals surface area contributed by atoms with Gasteiger partial charge in [0.15, 0.2) is 0 Å². The molecule has 0 unspecified atom stereocenters. The third-order valence-electron chi connectivity index (χ3n) is 2.45. The Labute approximate surface area is 138 Å². The van der Waals surface area contributed by atoms with Gasteiger partial charge < -0.3 is 20.5 Å². The highest BCUT2D eigenvalue weighted by Gasteiger charge is 2.15. The molecule has 1 aromatic carbocycles. The summed E-state index contributed by atoms with van der Waals surface area (Å²) in [5, 5.41) is 2.63. The molecule has 1 rings (SSSR count). The van der Waals surface area contributed by atoms with Gasteiger partial charge in [0, 0.05) is 11.0 Å². The lowest BCUT2D eigenvalue weighted by atomic mass is 10.2. The third-order valence-corrected chi connectivity index (χ3v) is 2.95. The van der Waals surface area contributed by atoms with E-state index in [1.807, 2.05) is 0 Å². The highest BCUT2D eigenvalue weighted by Crippen LogP contribution is 2.22. The standard InChI is InChI=1S/C15H21BrN2O4/c1-15(2,3)22-14(20)18-7-4-8-21-12-6-5-10(16)9-11(12)13(17)19/h5-6,9H,4,7-8H2,1-3H3,(H2,17,19)(H,18,20). The molecule has 2 amide bonds. The van der Waals surface area contributed by atoms with E-state index < -0.39 is 17.6 Å². The second-order valence-corrected chi connectivity index (χ2v) is 6.55. The van der Waals surface area contributed by atoms with Gasteiger partial charge >= 0.3 is 6.09 Å². The summed E-state index contributed by atoms with van der Waals surface area (Å²) >= 11 is 3.27. The molecule has 0 bridgehead atoms. The molecule has 0 saturated carbocycles. The fourth-order valence-electron chi connectivity index (χ4n) is 1.58. The van der Waals surface area contributed by atoms with Crippen molar-refractivity contribution in [3.05, 3.63) is 28.2 Å². The molecule has 0 aliphatic heterocycles. The second kappa shape index (κ2) is 8.03. The molecule has 0 aliphatic carbocycles. The van der Waals surface area contributed by atoms with Crippen LogP contribution in [0.2, 0.25) is 0 Å². The van der Waals surface area contributed by atoms with Crippen LogP contribution in [-0.2, 0) is 4.74 Å². The molecule has 0 atom stereocenters. The Morgan fingerprint density at radius 1 is 1.32 bits per heavy atom. The van der Waals surface area contributed by atoms with E-state index in [9.17, 15) is 9.59 Å². The number of amides is 2. The quantitative estimate of drug-likeness (QED) is 0.751. The molecule has 0 aromatic heterocycles. The van der Waals surface area contributed by atoms with Crippen LogP contribution in [0.1, 0.15) is 37.6 Å². The van der Waals surface area contributed by atoms with Crippen LogP contribution >= 0.6 is 15.9 Å². The van der Waals surface area contributed by atoms with Crippen LogP contribution < -0.4 is 15.8 Å². The van der Waals surface area contributed by atoms with E-state index in [0.29, 0.717) is 30.9 Å². The van der Waals surface area contributed by atoms with Crippen LogP contribution in [0.15, 0.2) is 22.7 Å². The minimum Gasteiger partial charge on any atom is -0.493 e. The van der Waals surface area contributed by atoms with Gasteiger partial charge in [0.05, 0.1) is 12.2 Å². The molecule has 6 nitrogen and oxygen atoms in total. The number of halogens is 1. The van der Waals surface area contributed by atoms with Crippen molar-refractivity contribution in [2.75, 3.05) is 13.2 Å². The number of nitrogens with two attached hydrogens (primary N) is 1. The largest absolute Gasteiger partial charge is 0.493 e. The van der Waals surface area contributed by atoms with Crippen molar-refractivity contribution >= 4 is 27.9 Å². The van der Waals surface area contributed by atoms with Crippen LogP contribution in [0.3, 0.4) is 0 Å². The molecule has 0 fully saturated rings. The molecule has 0 radical (unpaired) electrons. The molecule has 22 heavy (non-hydrogen) atoms. The van der Waals surface area contributed by atoms with Crippen molar-refractivity contribution in [3.63, 3.8) is 0 Å². The molecule has 0 heterocycles. The first-order valence-corrected chi connectivity index (χ1v) is 7.67. The van der Waals surface area contributed by atoms with Crippen molar-refractivity contribution in [3.8, 4) is 5.75 Å². The minimum absolute atomic E-state index is 0.314. The maximum atomic E-state index is 11.4. The van der Waals surface area contributed by atoms with Crippen LogP contribution in [-0.4, -0.2) is 30.8 Å². The van der Waals surface area contributed by atoms with Gasteiger partial charge in [-0.3, -0.25) is 4.79 Å². The summed E-state index contributed by atoms with van der Waals surface area (Å²) in [6, 6.07) is 5.04. The van der Waals surface area contributed by atoms with Crippen molar-refractivity contribution in [2.45, 2.75) is 32.8 Å². The zero-order valence-electron chi connectivity index (χ0n) is 12.9. The smallest absolute Gasteiger partial charge is 0.407 e. The molecule has 1 aromatic rings. The number of carbonyl (C=O) groups excluding carboxylic acids is 2. The summed E-state index contributed by atoms with van der Waals surface area (Å²) in [6.45, 7) is 6.16. The van der Waals surface area contributed by atoms with E-state index in [1.165, 1.54) is 0 Å². The highest BCUT2D eigenvalue weighted by molar-refractivity contribution is 9.10. The molecular formula is C15H21BrN2O4. The zero-order chi connectivity index (χ0) is 16.8. The van der Waals surface area contributed by atoms with E-state index in [4.69, 9.17) is 15.2 Å². The predicted molar refractivity (Wildman–Crippen MR) is 87.0 cm³/mol. The Hall–Kier alpha value is -1.76. The number of rotatable bonds is 6. The average molecular weight is 373 g/mol. The first-order valence-electron chi connectivity index (χ1n) is 6.88. The molecule has 7 heteroatoms. The molecule has 0 aliphatic rings. The fraction of sp³-hybridized carbons (Fsp3) is 0.467. The van der Waals surface area contributed by atoms with Gasteiger partial charge in [0.25, 0.3) is 5.91 Å². The molecular weight excluding hydrogens is 352 g/mol. The molecule has 0 spiro atoms. The lowest BCUT2D eigenvalue weighted by molar-refractivity contribution is 0.0525. The summed E-state index contributed by atoms with van der Waals surface area (Å²) in [6.07, 6.45) is 0.113.